The van der Waals surface area contributed by atoms with Crippen LogP contribution in [0.4, 0.5) is 0 Å². The number of hydrogen-bond donors (Lipinski definition) is 3. The number of benzene rings is 1. The maximum absolute atomic E-state index is 13.8. The highest BCUT2D eigenvalue weighted by atomic mass is 127. The number of amides is 2. The maximum Gasteiger partial charge on any atom is 0.247 e. The molecule has 2 amide bonds. The minimum absolute atomic E-state index is 0.00492. The second-order valence-electron chi connectivity index (χ2n) is 11.6. The summed E-state index contributed by atoms with van der Waals surface area (Å²) in [7, 11) is 0. The topological polar surface area (TPSA) is 112 Å². The van der Waals surface area contributed by atoms with Gasteiger partial charge in [0.05, 0.1) is 29.4 Å². The van der Waals surface area contributed by atoms with E-state index in [1.165, 1.54) is 38.5 Å². The van der Waals surface area contributed by atoms with Crippen LogP contribution in [-0.4, -0.2) is 103 Å². The van der Waals surface area contributed by atoms with Crippen molar-refractivity contribution in [1.82, 2.24) is 15.1 Å². The van der Waals surface area contributed by atoms with Crippen molar-refractivity contribution >= 4 is 34.4 Å². The highest BCUT2D eigenvalue weighted by molar-refractivity contribution is 14.1. The standard InChI is InChI=1S/C33H52IN3O6/c1-2-3-4-5-6-7-8-9-10-15-31(39)37(18-17-36-19-22-42-23-20-36)28-24-26(33(41)35-16-21-38)25-30(32(28)40)43-29-14-12-11-13-27(29)34/h11-14,25,28,30,32,38,40H,2-10,15-24H2,1H3,(H,35,41)/t28-,30+,32+/m1/s1. The highest BCUT2D eigenvalue weighted by Crippen LogP contribution is 2.30. The largest absolute Gasteiger partial charge is 0.482 e. The van der Waals surface area contributed by atoms with E-state index in [4.69, 9.17) is 9.47 Å². The Bertz CT molecular complexity index is 1000. The average molecular weight is 714 g/mol. The molecular weight excluding hydrogens is 661 g/mol. The molecule has 0 unspecified atom stereocenters. The van der Waals surface area contributed by atoms with Gasteiger partial charge in [0, 0.05) is 51.1 Å². The summed E-state index contributed by atoms with van der Waals surface area (Å²) in [5.41, 5.74) is 0.451. The van der Waals surface area contributed by atoms with Gasteiger partial charge < -0.3 is 29.9 Å². The third kappa shape index (κ3) is 12.3. The normalized spacial score (nSPS) is 20.8. The molecule has 0 bridgehead atoms. The first-order valence-corrected chi connectivity index (χ1v) is 17.3. The number of aliphatic hydroxyl groups is 2. The summed E-state index contributed by atoms with van der Waals surface area (Å²) in [5, 5.41) is 23.7. The fourth-order valence-electron chi connectivity index (χ4n) is 5.75. The Hall–Kier alpha value is -1.73. The molecule has 1 aliphatic heterocycles. The molecular formula is C33H52IN3O6. The van der Waals surface area contributed by atoms with Crippen LogP contribution in [0, 0.1) is 3.57 Å². The third-order valence-electron chi connectivity index (χ3n) is 8.29. The molecule has 1 aromatic rings. The molecule has 3 rings (SSSR count). The number of halogens is 1. The summed E-state index contributed by atoms with van der Waals surface area (Å²) >= 11 is 2.19. The van der Waals surface area contributed by atoms with E-state index in [0.29, 0.717) is 44.0 Å². The van der Waals surface area contributed by atoms with Crippen molar-refractivity contribution in [3.63, 3.8) is 0 Å². The molecule has 2 aliphatic rings. The Morgan fingerprint density at radius 2 is 1.74 bits per heavy atom. The van der Waals surface area contributed by atoms with Gasteiger partial charge in [-0.2, -0.15) is 0 Å². The van der Waals surface area contributed by atoms with E-state index in [9.17, 15) is 19.8 Å². The van der Waals surface area contributed by atoms with Crippen molar-refractivity contribution < 1.29 is 29.3 Å². The average Bonchev–Trinajstić information content (AvgIpc) is 3.02. The van der Waals surface area contributed by atoms with Gasteiger partial charge in [0.25, 0.3) is 0 Å². The number of ether oxygens (including phenoxy) is 2. The van der Waals surface area contributed by atoms with Gasteiger partial charge in [-0.05, 0) is 47.2 Å². The Balaban J connectivity index is 1.72. The van der Waals surface area contributed by atoms with Crippen molar-refractivity contribution in [2.24, 2.45) is 0 Å². The lowest BCUT2D eigenvalue weighted by Gasteiger charge is -2.41. The van der Waals surface area contributed by atoms with Gasteiger partial charge >= 0.3 is 0 Å². The van der Waals surface area contributed by atoms with Gasteiger partial charge in [0.2, 0.25) is 11.8 Å². The summed E-state index contributed by atoms with van der Waals surface area (Å²) in [6.45, 7) is 6.27. The summed E-state index contributed by atoms with van der Waals surface area (Å²) in [4.78, 5) is 31.0. The number of morpholine rings is 1. The highest BCUT2D eigenvalue weighted by Gasteiger charge is 2.40. The smallest absolute Gasteiger partial charge is 0.247 e. The first-order chi connectivity index (χ1) is 20.9. The third-order valence-corrected chi connectivity index (χ3v) is 9.18. The fraction of sp³-hybridized carbons (Fsp3) is 0.697. The van der Waals surface area contributed by atoms with E-state index >= 15 is 0 Å². The summed E-state index contributed by atoms with van der Waals surface area (Å²) in [5.74, 6) is 0.298. The van der Waals surface area contributed by atoms with Gasteiger partial charge in [-0.15, -0.1) is 0 Å². The van der Waals surface area contributed by atoms with Gasteiger partial charge in [-0.3, -0.25) is 14.5 Å². The lowest BCUT2D eigenvalue weighted by molar-refractivity contribution is -0.139. The molecule has 10 heteroatoms. The SMILES string of the molecule is CCCCCCCCCCCC(=O)N(CCN1CCOCC1)[C@@H]1CC(C(=O)NCCO)=C[C@H](Oc2ccccc2I)[C@H]1O. The quantitative estimate of drug-likeness (QED) is 0.145. The van der Waals surface area contributed by atoms with Crippen molar-refractivity contribution in [3.05, 3.63) is 39.5 Å². The fourth-order valence-corrected chi connectivity index (χ4v) is 6.26. The Kier molecular flexibility index (Phi) is 16.9. The minimum Gasteiger partial charge on any atom is -0.482 e. The first-order valence-electron chi connectivity index (χ1n) is 16.2. The number of unbranched alkanes of at least 4 members (excludes halogenated alkanes) is 8. The second kappa shape index (κ2) is 20.3. The minimum atomic E-state index is -1.01. The predicted octanol–water partition coefficient (Wildman–Crippen LogP) is 4.29. The van der Waals surface area contributed by atoms with Crippen LogP contribution in [-0.2, 0) is 14.3 Å². The Morgan fingerprint density at radius 3 is 2.42 bits per heavy atom. The second-order valence-corrected chi connectivity index (χ2v) is 12.7. The Labute approximate surface area is 271 Å². The molecule has 3 atom stereocenters. The molecule has 1 heterocycles. The predicted molar refractivity (Wildman–Crippen MR) is 177 cm³/mol. The van der Waals surface area contributed by atoms with Crippen LogP contribution in [0.2, 0.25) is 0 Å². The molecule has 0 radical (unpaired) electrons. The van der Waals surface area contributed by atoms with Crippen LogP contribution in [0.3, 0.4) is 0 Å². The van der Waals surface area contributed by atoms with Crippen molar-refractivity contribution in [2.45, 2.75) is 95.8 Å². The van der Waals surface area contributed by atoms with Crippen molar-refractivity contribution in [2.75, 3.05) is 52.5 Å². The van der Waals surface area contributed by atoms with Crippen LogP contribution in [0.15, 0.2) is 35.9 Å². The molecule has 0 aromatic heterocycles. The number of hydrogen-bond acceptors (Lipinski definition) is 7. The molecule has 3 N–H and O–H groups in total. The van der Waals surface area contributed by atoms with E-state index in [1.54, 1.807) is 11.0 Å². The molecule has 1 saturated heterocycles. The lowest BCUT2D eigenvalue weighted by Crippen LogP contribution is -2.56. The number of para-hydroxylation sites is 1. The molecule has 242 valence electrons. The molecule has 43 heavy (non-hydrogen) atoms. The summed E-state index contributed by atoms with van der Waals surface area (Å²) in [6.07, 6.45) is 11.0. The van der Waals surface area contributed by atoms with E-state index < -0.39 is 18.2 Å². The number of aliphatic hydroxyl groups excluding tert-OH is 2. The zero-order valence-corrected chi connectivity index (χ0v) is 28.0. The van der Waals surface area contributed by atoms with Crippen LogP contribution < -0.4 is 10.1 Å². The number of carbonyl (C=O) groups is 2. The molecule has 1 aliphatic carbocycles. The number of nitrogens with zero attached hydrogens (tertiary/aromatic N) is 2. The van der Waals surface area contributed by atoms with E-state index in [2.05, 4.69) is 39.7 Å². The van der Waals surface area contributed by atoms with Crippen LogP contribution in [0.1, 0.15) is 77.6 Å². The maximum atomic E-state index is 13.8. The zero-order chi connectivity index (χ0) is 30.9. The van der Waals surface area contributed by atoms with Gasteiger partial charge in [-0.25, -0.2) is 0 Å². The van der Waals surface area contributed by atoms with Gasteiger partial charge in [0.1, 0.15) is 18.0 Å². The molecule has 1 aromatic carbocycles. The van der Waals surface area contributed by atoms with E-state index in [1.807, 2.05) is 24.3 Å². The van der Waals surface area contributed by atoms with E-state index in [0.717, 1.165) is 35.9 Å². The first kappa shape index (κ1) is 35.7. The summed E-state index contributed by atoms with van der Waals surface area (Å²) < 4.78 is 12.7. The van der Waals surface area contributed by atoms with Crippen molar-refractivity contribution in [1.29, 1.82) is 0 Å². The lowest BCUT2D eigenvalue weighted by atomic mass is 9.88. The van der Waals surface area contributed by atoms with Gasteiger partial charge in [0.15, 0.2) is 0 Å². The van der Waals surface area contributed by atoms with Crippen molar-refractivity contribution in [3.8, 4) is 5.75 Å². The van der Waals surface area contributed by atoms with Crippen LogP contribution in [0.5, 0.6) is 5.75 Å². The zero-order valence-electron chi connectivity index (χ0n) is 25.9. The monoisotopic (exact) mass is 713 g/mol. The van der Waals surface area contributed by atoms with Gasteiger partial charge in [-0.1, -0.05) is 70.4 Å². The molecule has 0 saturated carbocycles. The van der Waals surface area contributed by atoms with Crippen LogP contribution in [0.25, 0.3) is 0 Å². The molecule has 0 spiro atoms. The number of nitrogens with one attached hydrogen (secondary N) is 1. The summed E-state index contributed by atoms with van der Waals surface area (Å²) in [6, 6.07) is 6.93. The van der Waals surface area contributed by atoms with Crippen LogP contribution >= 0.6 is 22.6 Å². The number of carbonyl (C=O) groups excluding carboxylic acids is 2. The number of rotatable bonds is 19. The van der Waals surface area contributed by atoms with E-state index in [-0.39, 0.29) is 31.4 Å². The molecule has 9 nitrogen and oxygen atoms in total. The molecule has 1 fully saturated rings. The Morgan fingerprint density at radius 1 is 1.07 bits per heavy atom.